The molecule has 0 fully saturated rings. The summed E-state index contributed by atoms with van der Waals surface area (Å²) in [5.41, 5.74) is 14.3. The van der Waals surface area contributed by atoms with Crippen molar-refractivity contribution in [1.29, 1.82) is 0 Å². The van der Waals surface area contributed by atoms with Crippen LogP contribution in [-0.4, -0.2) is 32.8 Å². The predicted molar refractivity (Wildman–Crippen MR) is 105 cm³/mol. The Morgan fingerprint density at radius 3 is 2.63 bits per heavy atom. The standard InChI is InChI=1S/C17H19N7O2S/c1-8(2)13(15(19)26)23-17-20-6-10(14(18)25)16(24-17)22-9-3-4-11-12(5-9)27-7-21-11/h3-8,13H,1-2H3,(H2,18,25)(H2,19,26)(H2,20,22,23,24). The minimum absolute atomic E-state index is 0.0629. The molecule has 0 aliphatic rings. The van der Waals surface area contributed by atoms with Crippen molar-refractivity contribution in [2.75, 3.05) is 10.6 Å². The van der Waals surface area contributed by atoms with E-state index in [-0.39, 0.29) is 23.2 Å². The SMILES string of the molecule is CC(C)C(Nc1ncc(C(N)=O)c(Nc2ccc3ncsc3c2)n1)C(N)=O. The third-order valence-electron chi connectivity index (χ3n) is 3.91. The first kappa shape index (κ1) is 18.5. The highest BCUT2D eigenvalue weighted by Crippen LogP contribution is 2.25. The Labute approximate surface area is 159 Å². The highest BCUT2D eigenvalue weighted by Gasteiger charge is 2.21. The molecule has 140 valence electrons. The zero-order valence-electron chi connectivity index (χ0n) is 14.8. The van der Waals surface area contributed by atoms with E-state index in [2.05, 4.69) is 25.6 Å². The van der Waals surface area contributed by atoms with Gasteiger partial charge in [-0.15, -0.1) is 11.3 Å². The molecular weight excluding hydrogens is 366 g/mol. The van der Waals surface area contributed by atoms with Gasteiger partial charge in [-0.25, -0.2) is 9.97 Å². The first-order valence-corrected chi connectivity index (χ1v) is 9.06. The molecule has 3 aromatic rings. The molecular formula is C17H19N7O2S. The van der Waals surface area contributed by atoms with Gasteiger partial charge in [0.15, 0.2) is 0 Å². The van der Waals surface area contributed by atoms with Gasteiger partial charge in [0.2, 0.25) is 11.9 Å². The maximum Gasteiger partial charge on any atom is 0.254 e. The number of nitrogens with two attached hydrogens (primary N) is 2. The quantitative estimate of drug-likeness (QED) is 0.485. The highest BCUT2D eigenvalue weighted by atomic mass is 32.1. The maximum atomic E-state index is 11.7. The van der Waals surface area contributed by atoms with Crippen LogP contribution in [0.1, 0.15) is 24.2 Å². The second kappa shape index (κ2) is 7.54. The zero-order valence-corrected chi connectivity index (χ0v) is 15.6. The van der Waals surface area contributed by atoms with E-state index in [0.717, 1.165) is 10.2 Å². The van der Waals surface area contributed by atoms with Gasteiger partial charge < -0.3 is 22.1 Å². The summed E-state index contributed by atoms with van der Waals surface area (Å²) in [7, 11) is 0. The van der Waals surface area contributed by atoms with E-state index in [1.807, 2.05) is 32.0 Å². The number of nitrogens with zero attached hydrogens (tertiary/aromatic N) is 3. The molecule has 1 atom stereocenters. The number of nitrogens with one attached hydrogen (secondary N) is 2. The lowest BCUT2D eigenvalue weighted by molar-refractivity contribution is -0.119. The van der Waals surface area contributed by atoms with Crippen LogP contribution < -0.4 is 22.1 Å². The molecule has 0 bridgehead atoms. The van der Waals surface area contributed by atoms with E-state index < -0.39 is 17.9 Å². The normalized spacial score (nSPS) is 12.1. The van der Waals surface area contributed by atoms with Crippen LogP contribution in [0.2, 0.25) is 0 Å². The summed E-state index contributed by atoms with van der Waals surface area (Å²) >= 11 is 1.50. The van der Waals surface area contributed by atoms with Gasteiger partial charge in [-0.3, -0.25) is 9.59 Å². The summed E-state index contributed by atoms with van der Waals surface area (Å²) in [4.78, 5) is 35.9. The Kier molecular flexibility index (Phi) is 5.17. The molecule has 0 saturated heterocycles. The monoisotopic (exact) mass is 385 g/mol. The van der Waals surface area contributed by atoms with E-state index in [1.165, 1.54) is 17.5 Å². The molecule has 0 saturated carbocycles. The number of anilines is 3. The summed E-state index contributed by atoms with van der Waals surface area (Å²) < 4.78 is 0.988. The Morgan fingerprint density at radius 1 is 1.19 bits per heavy atom. The van der Waals surface area contributed by atoms with Crippen LogP contribution in [0.15, 0.2) is 29.9 Å². The molecule has 3 rings (SSSR count). The summed E-state index contributed by atoms with van der Waals surface area (Å²) in [5.74, 6) is -0.849. The number of fused-ring (bicyclic) bond motifs is 1. The molecule has 1 unspecified atom stereocenters. The molecule has 6 N–H and O–H groups in total. The van der Waals surface area contributed by atoms with Crippen LogP contribution in [0.25, 0.3) is 10.2 Å². The van der Waals surface area contributed by atoms with Gasteiger partial charge in [0.05, 0.1) is 15.7 Å². The summed E-state index contributed by atoms with van der Waals surface area (Å²) in [6.45, 7) is 3.70. The lowest BCUT2D eigenvalue weighted by Gasteiger charge is -2.19. The first-order valence-electron chi connectivity index (χ1n) is 8.18. The number of rotatable bonds is 7. The lowest BCUT2D eigenvalue weighted by atomic mass is 10.0. The van der Waals surface area contributed by atoms with Gasteiger partial charge >= 0.3 is 0 Å². The molecule has 0 spiro atoms. The van der Waals surface area contributed by atoms with Gasteiger partial charge in [0.1, 0.15) is 17.4 Å². The number of carbonyl (C=O) groups is 2. The fraction of sp³-hybridized carbons (Fsp3) is 0.235. The fourth-order valence-electron chi connectivity index (χ4n) is 2.50. The largest absolute Gasteiger partial charge is 0.368 e. The van der Waals surface area contributed by atoms with Crippen LogP contribution >= 0.6 is 11.3 Å². The molecule has 10 heteroatoms. The van der Waals surface area contributed by atoms with Crippen molar-refractivity contribution in [1.82, 2.24) is 15.0 Å². The van der Waals surface area contributed by atoms with Crippen molar-refractivity contribution in [2.24, 2.45) is 17.4 Å². The highest BCUT2D eigenvalue weighted by molar-refractivity contribution is 7.16. The molecule has 2 heterocycles. The van der Waals surface area contributed by atoms with Gasteiger partial charge in [-0.05, 0) is 24.1 Å². The molecule has 0 aliphatic heterocycles. The topological polar surface area (TPSA) is 149 Å². The second-order valence-corrected chi connectivity index (χ2v) is 7.13. The average Bonchev–Trinajstić information content (AvgIpc) is 3.06. The van der Waals surface area contributed by atoms with Gasteiger partial charge in [0.25, 0.3) is 5.91 Å². The zero-order chi connectivity index (χ0) is 19.6. The number of benzene rings is 1. The molecule has 0 aliphatic carbocycles. The van der Waals surface area contributed by atoms with Crippen LogP contribution in [0.3, 0.4) is 0 Å². The first-order chi connectivity index (χ1) is 12.8. The number of hydrogen-bond acceptors (Lipinski definition) is 8. The summed E-state index contributed by atoms with van der Waals surface area (Å²) in [5, 5.41) is 5.98. The molecule has 1 aromatic carbocycles. The van der Waals surface area contributed by atoms with Crippen LogP contribution in [0, 0.1) is 5.92 Å². The Hall–Kier alpha value is -3.27. The van der Waals surface area contributed by atoms with E-state index >= 15 is 0 Å². The lowest BCUT2D eigenvalue weighted by Crippen LogP contribution is -2.40. The Bertz CT molecular complexity index is 1000. The maximum absolute atomic E-state index is 11.7. The van der Waals surface area contributed by atoms with Crippen molar-refractivity contribution in [2.45, 2.75) is 19.9 Å². The number of thiazole rings is 1. The van der Waals surface area contributed by atoms with Crippen LogP contribution in [0.4, 0.5) is 17.5 Å². The summed E-state index contributed by atoms with van der Waals surface area (Å²) in [6.07, 6.45) is 1.31. The van der Waals surface area contributed by atoms with Crippen LogP contribution in [0.5, 0.6) is 0 Å². The molecule has 2 amide bonds. The van der Waals surface area contributed by atoms with Crippen molar-refractivity contribution < 1.29 is 9.59 Å². The van der Waals surface area contributed by atoms with Gasteiger partial charge in [0, 0.05) is 11.9 Å². The van der Waals surface area contributed by atoms with E-state index in [9.17, 15) is 9.59 Å². The number of amides is 2. The van der Waals surface area contributed by atoms with E-state index in [0.29, 0.717) is 5.69 Å². The Morgan fingerprint density at radius 2 is 1.96 bits per heavy atom. The number of primary amides is 2. The van der Waals surface area contributed by atoms with Gasteiger partial charge in [-0.1, -0.05) is 13.8 Å². The number of aromatic nitrogens is 3. The van der Waals surface area contributed by atoms with Crippen molar-refractivity contribution in [3.63, 3.8) is 0 Å². The van der Waals surface area contributed by atoms with Crippen molar-refractivity contribution in [3.05, 3.63) is 35.5 Å². The molecule has 0 radical (unpaired) electrons. The molecule has 27 heavy (non-hydrogen) atoms. The summed E-state index contributed by atoms with van der Waals surface area (Å²) in [6, 6.07) is 4.93. The Balaban J connectivity index is 1.93. The smallest absolute Gasteiger partial charge is 0.254 e. The second-order valence-electron chi connectivity index (χ2n) is 6.25. The van der Waals surface area contributed by atoms with Crippen LogP contribution in [-0.2, 0) is 4.79 Å². The van der Waals surface area contributed by atoms with Crippen molar-refractivity contribution in [3.8, 4) is 0 Å². The molecule has 9 nitrogen and oxygen atoms in total. The molecule has 2 aromatic heterocycles. The predicted octanol–water partition coefficient (Wildman–Crippen LogP) is 1.85. The average molecular weight is 385 g/mol. The van der Waals surface area contributed by atoms with Gasteiger partial charge in [-0.2, -0.15) is 4.98 Å². The number of carbonyl (C=O) groups excluding carboxylic acids is 2. The third-order valence-corrected chi connectivity index (χ3v) is 4.70. The van der Waals surface area contributed by atoms with Crippen molar-refractivity contribution >= 4 is 50.8 Å². The van der Waals surface area contributed by atoms with E-state index in [4.69, 9.17) is 11.5 Å². The minimum Gasteiger partial charge on any atom is -0.368 e. The third kappa shape index (κ3) is 4.11. The number of hydrogen-bond donors (Lipinski definition) is 4. The fourth-order valence-corrected chi connectivity index (χ4v) is 3.22. The van der Waals surface area contributed by atoms with E-state index in [1.54, 1.807) is 5.51 Å². The minimum atomic E-state index is -0.668.